The van der Waals surface area contributed by atoms with Gasteiger partial charge in [-0.05, 0) is 33.7 Å². The molecule has 7 nitrogen and oxygen atoms in total. The molecule has 0 radical (unpaired) electrons. The number of carbonyl (C=O) groups is 1. The summed E-state index contributed by atoms with van der Waals surface area (Å²) in [6.07, 6.45) is 1.66. The molecule has 1 N–H and O–H groups in total. The highest BCUT2D eigenvalue weighted by atomic mass is 16.2. The zero-order valence-corrected chi connectivity index (χ0v) is 17.7. The molecular formula is C26H20N6O. The molecule has 160 valence electrons. The molecule has 0 saturated carbocycles. The van der Waals surface area contributed by atoms with Crippen LogP contribution >= 0.6 is 0 Å². The highest BCUT2D eigenvalue weighted by Crippen LogP contribution is 2.17. The number of rotatable bonds is 6. The zero-order chi connectivity index (χ0) is 22.5. The van der Waals surface area contributed by atoms with Gasteiger partial charge in [0.2, 0.25) is 5.82 Å². The van der Waals surface area contributed by atoms with E-state index in [1.807, 2.05) is 84.9 Å². The van der Waals surface area contributed by atoms with Crippen LogP contribution in [0.25, 0.3) is 22.2 Å². The van der Waals surface area contributed by atoms with Crippen molar-refractivity contribution in [2.24, 2.45) is 5.10 Å². The molecule has 0 saturated heterocycles. The van der Waals surface area contributed by atoms with Crippen LogP contribution in [0.1, 0.15) is 21.5 Å². The molecule has 0 unspecified atom stereocenters. The van der Waals surface area contributed by atoms with Crippen LogP contribution in [0.4, 0.5) is 0 Å². The molecule has 1 aromatic heterocycles. The molecule has 0 aliphatic carbocycles. The fraction of sp³-hybridized carbons (Fsp3) is 0.0385. The van der Waals surface area contributed by atoms with Crippen molar-refractivity contribution in [3.05, 3.63) is 114 Å². The molecule has 5 rings (SSSR count). The lowest BCUT2D eigenvalue weighted by atomic mass is 10.1. The fourth-order valence-electron chi connectivity index (χ4n) is 3.53. The first kappa shape index (κ1) is 20.3. The second kappa shape index (κ2) is 9.23. The van der Waals surface area contributed by atoms with Gasteiger partial charge in [0, 0.05) is 16.7 Å². The van der Waals surface area contributed by atoms with E-state index >= 15 is 0 Å². The number of carbonyl (C=O) groups excluding carboxylic acids is 1. The molecule has 0 fully saturated rings. The molecule has 1 heterocycles. The average Bonchev–Trinajstić information content (AvgIpc) is 3.33. The number of hydrogen-bond acceptors (Lipinski definition) is 5. The second-order valence-corrected chi connectivity index (χ2v) is 7.47. The average molecular weight is 432 g/mol. The quantitative estimate of drug-likeness (QED) is 0.320. The van der Waals surface area contributed by atoms with E-state index in [-0.39, 0.29) is 5.91 Å². The summed E-state index contributed by atoms with van der Waals surface area (Å²) >= 11 is 0. The number of aromatic nitrogens is 4. The number of hydrogen-bond donors (Lipinski definition) is 1. The van der Waals surface area contributed by atoms with Crippen molar-refractivity contribution in [3.8, 4) is 11.4 Å². The molecule has 7 heteroatoms. The van der Waals surface area contributed by atoms with Crippen LogP contribution in [-0.4, -0.2) is 32.3 Å². The normalized spacial score (nSPS) is 11.2. The van der Waals surface area contributed by atoms with Crippen LogP contribution in [0.5, 0.6) is 0 Å². The van der Waals surface area contributed by atoms with E-state index in [2.05, 4.69) is 25.9 Å². The Labute approximate surface area is 190 Å². The maximum absolute atomic E-state index is 12.5. The smallest absolute Gasteiger partial charge is 0.267 e. The number of tetrazole rings is 1. The first-order valence-corrected chi connectivity index (χ1v) is 10.5. The lowest BCUT2D eigenvalue weighted by Crippen LogP contribution is -2.17. The molecule has 1 amide bonds. The largest absolute Gasteiger partial charge is 0.271 e. The number of amides is 1. The number of nitrogens with zero attached hydrogens (tertiary/aromatic N) is 5. The predicted octanol–water partition coefficient (Wildman–Crippen LogP) is 4.31. The Kier molecular flexibility index (Phi) is 5.67. The first-order valence-electron chi connectivity index (χ1n) is 10.5. The lowest BCUT2D eigenvalue weighted by Gasteiger charge is -2.04. The summed E-state index contributed by atoms with van der Waals surface area (Å²) in [5.74, 6) is 0.305. The van der Waals surface area contributed by atoms with E-state index < -0.39 is 0 Å². The molecule has 0 atom stereocenters. The minimum atomic E-state index is -0.275. The van der Waals surface area contributed by atoms with Gasteiger partial charge >= 0.3 is 0 Å². The van der Waals surface area contributed by atoms with Crippen molar-refractivity contribution < 1.29 is 4.79 Å². The topological polar surface area (TPSA) is 85.1 Å². The van der Waals surface area contributed by atoms with Crippen molar-refractivity contribution in [2.75, 3.05) is 0 Å². The second-order valence-electron chi connectivity index (χ2n) is 7.47. The van der Waals surface area contributed by atoms with E-state index in [9.17, 15) is 4.79 Å². The van der Waals surface area contributed by atoms with Gasteiger partial charge in [-0.15, -0.1) is 10.2 Å². The van der Waals surface area contributed by atoms with Gasteiger partial charge in [0.25, 0.3) is 5.91 Å². The summed E-state index contributed by atoms with van der Waals surface area (Å²) < 4.78 is 0. The third kappa shape index (κ3) is 4.67. The third-order valence-corrected chi connectivity index (χ3v) is 5.22. The standard InChI is InChI=1S/C26H20N6O/c33-26(29-27-17-23-11-6-10-20-7-4-5-12-24(20)23)22-15-13-19(14-16-22)18-32-30-25(28-31-32)21-8-2-1-3-9-21/h1-17H,18H2,(H,29,33)/b27-17+. The van der Waals surface area contributed by atoms with E-state index in [1.54, 1.807) is 18.3 Å². The van der Waals surface area contributed by atoms with Crippen LogP contribution in [-0.2, 0) is 6.54 Å². The third-order valence-electron chi connectivity index (χ3n) is 5.22. The summed E-state index contributed by atoms with van der Waals surface area (Å²) in [7, 11) is 0. The van der Waals surface area contributed by atoms with Gasteiger partial charge < -0.3 is 0 Å². The minimum absolute atomic E-state index is 0.275. The van der Waals surface area contributed by atoms with Crippen molar-refractivity contribution in [1.82, 2.24) is 25.6 Å². The van der Waals surface area contributed by atoms with E-state index in [1.165, 1.54) is 4.80 Å². The van der Waals surface area contributed by atoms with E-state index in [0.717, 1.165) is 27.5 Å². The van der Waals surface area contributed by atoms with Crippen LogP contribution in [0.15, 0.2) is 102 Å². The highest BCUT2D eigenvalue weighted by Gasteiger charge is 2.08. The number of benzene rings is 4. The molecule has 5 aromatic rings. The Bertz CT molecular complexity index is 1420. The molecule has 4 aromatic carbocycles. The lowest BCUT2D eigenvalue weighted by molar-refractivity contribution is 0.0955. The molecule has 0 aliphatic heterocycles. The summed E-state index contributed by atoms with van der Waals surface area (Å²) in [6, 6.07) is 31.0. The zero-order valence-electron chi connectivity index (χ0n) is 17.7. The monoisotopic (exact) mass is 432 g/mol. The molecule has 33 heavy (non-hydrogen) atoms. The van der Waals surface area contributed by atoms with Crippen LogP contribution in [0.3, 0.4) is 0 Å². The summed E-state index contributed by atoms with van der Waals surface area (Å²) in [5.41, 5.74) is 5.93. The van der Waals surface area contributed by atoms with E-state index in [0.29, 0.717) is 17.9 Å². The summed E-state index contributed by atoms with van der Waals surface area (Å²) in [6.45, 7) is 0.459. The SMILES string of the molecule is O=C(N/N=C/c1cccc2ccccc12)c1ccc(Cn2nnc(-c3ccccc3)n2)cc1. The Morgan fingerprint density at radius 1 is 0.879 bits per heavy atom. The van der Waals surface area contributed by atoms with Gasteiger partial charge in [0.05, 0.1) is 12.8 Å². The van der Waals surface area contributed by atoms with Gasteiger partial charge in [-0.25, -0.2) is 5.43 Å². The molecule has 0 spiro atoms. The summed E-state index contributed by atoms with van der Waals surface area (Å²) in [4.78, 5) is 14.0. The van der Waals surface area contributed by atoms with Crippen LogP contribution in [0, 0.1) is 0 Å². The Hall–Kier alpha value is -4.65. The van der Waals surface area contributed by atoms with Crippen molar-refractivity contribution in [3.63, 3.8) is 0 Å². The fourth-order valence-corrected chi connectivity index (χ4v) is 3.53. The molecular weight excluding hydrogens is 412 g/mol. The maximum atomic E-state index is 12.5. The highest BCUT2D eigenvalue weighted by molar-refractivity contribution is 6.00. The van der Waals surface area contributed by atoms with Gasteiger partial charge in [-0.3, -0.25) is 4.79 Å². The van der Waals surface area contributed by atoms with E-state index in [4.69, 9.17) is 0 Å². The van der Waals surface area contributed by atoms with Crippen LogP contribution in [0.2, 0.25) is 0 Å². The van der Waals surface area contributed by atoms with Crippen molar-refractivity contribution in [1.29, 1.82) is 0 Å². The minimum Gasteiger partial charge on any atom is -0.267 e. The molecule has 0 bridgehead atoms. The summed E-state index contributed by atoms with van der Waals surface area (Å²) in [5, 5.41) is 19.0. The van der Waals surface area contributed by atoms with Crippen molar-refractivity contribution >= 4 is 22.9 Å². The van der Waals surface area contributed by atoms with Gasteiger partial charge in [0.1, 0.15) is 0 Å². The Balaban J connectivity index is 1.22. The van der Waals surface area contributed by atoms with Crippen LogP contribution < -0.4 is 5.43 Å². The number of nitrogens with one attached hydrogen (secondary N) is 1. The van der Waals surface area contributed by atoms with Gasteiger partial charge in [-0.1, -0.05) is 84.9 Å². The number of hydrazone groups is 1. The number of fused-ring (bicyclic) bond motifs is 1. The Morgan fingerprint density at radius 2 is 1.64 bits per heavy atom. The van der Waals surface area contributed by atoms with Crippen molar-refractivity contribution in [2.45, 2.75) is 6.54 Å². The predicted molar refractivity (Wildman–Crippen MR) is 128 cm³/mol. The maximum Gasteiger partial charge on any atom is 0.271 e. The Morgan fingerprint density at radius 3 is 2.48 bits per heavy atom. The van der Waals surface area contributed by atoms with Gasteiger partial charge in [0.15, 0.2) is 0 Å². The van der Waals surface area contributed by atoms with Gasteiger partial charge in [-0.2, -0.15) is 9.90 Å². The first-order chi connectivity index (χ1) is 16.3. The molecule has 0 aliphatic rings.